The van der Waals surface area contributed by atoms with E-state index in [4.69, 9.17) is 4.74 Å². The number of morpholine rings is 1. The summed E-state index contributed by atoms with van der Waals surface area (Å²) in [6, 6.07) is 11.6. The molecule has 33 heavy (non-hydrogen) atoms. The highest BCUT2D eigenvalue weighted by atomic mass is 32.2. The second kappa shape index (κ2) is 8.89. The number of ether oxygens (including phenoxy) is 1. The number of rotatable bonds is 4. The Kier molecular flexibility index (Phi) is 5.79. The highest BCUT2D eigenvalue weighted by Crippen LogP contribution is 2.27. The van der Waals surface area contributed by atoms with E-state index in [1.54, 1.807) is 47.6 Å². The minimum absolute atomic E-state index is 0.108. The summed E-state index contributed by atoms with van der Waals surface area (Å²) in [7, 11) is 0. The van der Waals surface area contributed by atoms with E-state index < -0.39 is 11.2 Å². The number of halogens is 1. The smallest absolute Gasteiger partial charge is 0.271 e. The standard InChI is InChI=1S/C23H20FN5O3S/c1-33(31)21-18-7-6-15(22(30)28-8-10-32-11-9-28)12-20(18)29(27-21)23-25-13-16(14-26-23)17-4-2-3-5-19(17)24/h2-7,12-14H,8-11H2,1H3. The van der Waals surface area contributed by atoms with Crippen LogP contribution >= 0.6 is 0 Å². The first-order valence-corrected chi connectivity index (χ1v) is 11.9. The highest BCUT2D eigenvalue weighted by molar-refractivity contribution is 7.90. The van der Waals surface area contributed by atoms with Crippen molar-refractivity contribution in [3.8, 4) is 17.1 Å². The Hall–Kier alpha value is -3.34. The van der Waals surface area contributed by atoms with E-state index in [0.717, 1.165) is 0 Å². The molecule has 0 spiro atoms. The van der Waals surface area contributed by atoms with Gasteiger partial charge in [-0.25, -0.2) is 14.4 Å². The number of benzene rings is 2. The van der Waals surface area contributed by atoms with Gasteiger partial charge in [0.05, 0.1) is 24.1 Å². The fourth-order valence-corrected chi connectivity index (χ4v) is 4.48. The lowest BCUT2D eigenvalue weighted by atomic mass is 10.1. The van der Waals surface area contributed by atoms with Crippen LogP contribution in [0.1, 0.15) is 10.4 Å². The Morgan fingerprint density at radius 1 is 1.12 bits per heavy atom. The maximum Gasteiger partial charge on any atom is 0.271 e. The molecule has 1 saturated heterocycles. The molecule has 1 unspecified atom stereocenters. The predicted octanol–water partition coefficient (Wildman–Crippen LogP) is 2.83. The van der Waals surface area contributed by atoms with Crippen LogP contribution in [-0.4, -0.2) is 67.7 Å². The number of fused-ring (bicyclic) bond motifs is 1. The molecule has 2 aromatic carbocycles. The predicted molar refractivity (Wildman–Crippen MR) is 121 cm³/mol. The van der Waals surface area contributed by atoms with Crippen molar-refractivity contribution >= 4 is 28.0 Å². The summed E-state index contributed by atoms with van der Waals surface area (Å²) in [4.78, 5) is 23.5. The third kappa shape index (κ3) is 4.08. The van der Waals surface area contributed by atoms with Crippen LogP contribution < -0.4 is 0 Å². The van der Waals surface area contributed by atoms with Crippen LogP contribution in [0.15, 0.2) is 59.9 Å². The molecule has 1 amide bonds. The molecule has 4 aromatic rings. The quantitative estimate of drug-likeness (QED) is 0.430. The Labute approximate surface area is 192 Å². The maximum atomic E-state index is 14.1. The zero-order chi connectivity index (χ0) is 22.9. The van der Waals surface area contributed by atoms with Crippen LogP contribution in [0.4, 0.5) is 4.39 Å². The van der Waals surface area contributed by atoms with Crippen molar-refractivity contribution in [3.05, 3.63) is 66.2 Å². The van der Waals surface area contributed by atoms with Crippen molar-refractivity contribution in [2.45, 2.75) is 5.03 Å². The van der Waals surface area contributed by atoms with Crippen molar-refractivity contribution in [1.29, 1.82) is 0 Å². The van der Waals surface area contributed by atoms with E-state index in [1.165, 1.54) is 23.1 Å². The molecule has 1 aliphatic heterocycles. The SMILES string of the molecule is C[S+]([O-])c1nn(-c2ncc(-c3ccccc3F)cn2)c2cc(C(=O)N3CCOCC3)ccc12. The summed E-state index contributed by atoms with van der Waals surface area (Å²) >= 11 is -1.36. The Balaban J connectivity index is 1.56. The zero-order valence-corrected chi connectivity index (χ0v) is 18.6. The topological polar surface area (TPSA) is 96.2 Å². The van der Waals surface area contributed by atoms with Gasteiger partial charge >= 0.3 is 0 Å². The molecule has 0 radical (unpaired) electrons. The summed E-state index contributed by atoms with van der Waals surface area (Å²) in [5, 5.41) is 5.49. The van der Waals surface area contributed by atoms with Crippen molar-refractivity contribution in [2.75, 3.05) is 32.6 Å². The minimum atomic E-state index is -1.36. The summed E-state index contributed by atoms with van der Waals surface area (Å²) in [5.74, 6) is -0.246. The number of amides is 1. The lowest BCUT2D eigenvalue weighted by molar-refractivity contribution is 0.0303. The lowest BCUT2D eigenvalue weighted by Gasteiger charge is -2.26. The van der Waals surface area contributed by atoms with Gasteiger partial charge in [0, 0.05) is 53.3 Å². The van der Waals surface area contributed by atoms with Gasteiger partial charge in [-0.15, -0.1) is 5.10 Å². The lowest BCUT2D eigenvalue weighted by Crippen LogP contribution is -2.40. The number of aromatic nitrogens is 4. The molecule has 8 nitrogen and oxygen atoms in total. The summed E-state index contributed by atoms with van der Waals surface area (Å²) in [5.41, 5.74) is 1.97. The molecule has 1 aliphatic rings. The monoisotopic (exact) mass is 465 g/mol. The first kappa shape index (κ1) is 21.5. The number of carbonyl (C=O) groups is 1. The van der Waals surface area contributed by atoms with Gasteiger partial charge in [0.2, 0.25) is 0 Å². The molecule has 0 aliphatic carbocycles. The normalized spacial score (nSPS) is 15.1. The van der Waals surface area contributed by atoms with Crippen molar-refractivity contribution in [3.63, 3.8) is 0 Å². The third-order valence-electron chi connectivity index (χ3n) is 5.48. The molecule has 0 saturated carbocycles. The molecular formula is C23H20FN5O3S. The van der Waals surface area contributed by atoms with Crippen LogP contribution in [0.25, 0.3) is 28.0 Å². The third-order valence-corrected chi connectivity index (χ3v) is 6.32. The van der Waals surface area contributed by atoms with E-state index in [9.17, 15) is 13.7 Å². The Morgan fingerprint density at radius 2 is 1.85 bits per heavy atom. The molecule has 5 rings (SSSR count). The van der Waals surface area contributed by atoms with Gasteiger partial charge in [-0.2, -0.15) is 4.68 Å². The minimum Gasteiger partial charge on any atom is -0.610 e. The van der Waals surface area contributed by atoms with Gasteiger partial charge in [-0.05, 0) is 24.3 Å². The number of hydrogen-bond donors (Lipinski definition) is 0. The molecular weight excluding hydrogens is 445 g/mol. The zero-order valence-electron chi connectivity index (χ0n) is 17.8. The van der Waals surface area contributed by atoms with Crippen LogP contribution in [0, 0.1) is 5.82 Å². The van der Waals surface area contributed by atoms with Crippen LogP contribution in [-0.2, 0) is 15.9 Å². The first-order chi connectivity index (χ1) is 16.0. The summed E-state index contributed by atoms with van der Waals surface area (Å²) in [6.45, 7) is 2.07. The Morgan fingerprint density at radius 3 is 2.55 bits per heavy atom. The van der Waals surface area contributed by atoms with Crippen molar-refractivity contribution in [1.82, 2.24) is 24.6 Å². The largest absolute Gasteiger partial charge is 0.610 e. The molecule has 1 fully saturated rings. The molecule has 3 heterocycles. The van der Waals surface area contributed by atoms with Gasteiger partial charge in [0.25, 0.3) is 16.9 Å². The molecule has 10 heteroatoms. The van der Waals surface area contributed by atoms with Crippen LogP contribution in [0.5, 0.6) is 0 Å². The molecule has 0 bridgehead atoms. The van der Waals surface area contributed by atoms with Crippen molar-refractivity contribution < 1.29 is 18.5 Å². The number of nitrogens with zero attached hydrogens (tertiary/aromatic N) is 5. The van der Waals surface area contributed by atoms with E-state index in [0.29, 0.717) is 58.9 Å². The Bertz CT molecular complexity index is 1320. The number of carbonyl (C=O) groups excluding carboxylic acids is 1. The summed E-state index contributed by atoms with van der Waals surface area (Å²) < 4.78 is 33.2. The van der Waals surface area contributed by atoms with E-state index in [1.807, 2.05) is 0 Å². The fourth-order valence-electron chi connectivity index (χ4n) is 3.80. The van der Waals surface area contributed by atoms with Gasteiger partial charge < -0.3 is 14.2 Å². The maximum absolute atomic E-state index is 14.1. The van der Waals surface area contributed by atoms with E-state index in [-0.39, 0.29) is 17.7 Å². The molecule has 2 aromatic heterocycles. The van der Waals surface area contributed by atoms with Gasteiger partial charge in [0.1, 0.15) is 12.1 Å². The van der Waals surface area contributed by atoms with E-state index >= 15 is 0 Å². The highest BCUT2D eigenvalue weighted by Gasteiger charge is 2.24. The van der Waals surface area contributed by atoms with Gasteiger partial charge in [0.15, 0.2) is 0 Å². The molecule has 0 N–H and O–H groups in total. The average molecular weight is 466 g/mol. The molecule has 168 valence electrons. The van der Waals surface area contributed by atoms with Gasteiger partial charge in [-0.3, -0.25) is 4.79 Å². The van der Waals surface area contributed by atoms with Crippen LogP contribution in [0.3, 0.4) is 0 Å². The average Bonchev–Trinajstić information content (AvgIpc) is 3.24. The van der Waals surface area contributed by atoms with E-state index in [2.05, 4.69) is 15.1 Å². The summed E-state index contributed by atoms with van der Waals surface area (Å²) in [6.07, 6.45) is 4.57. The molecule has 1 atom stereocenters. The second-order valence-corrected chi connectivity index (χ2v) is 8.85. The fraction of sp³-hybridized carbons (Fsp3) is 0.217. The van der Waals surface area contributed by atoms with Crippen molar-refractivity contribution in [2.24, 2.45) is 0 Å². The van der Waals surface area contributed by atoms with Gasteiger partial charge in [-0.1, -0.05) is 18.2 Å². The second-order valence-electron chi connectivity index (χ2n) is 7.56. The number of hydrogen-bond acceptors (Lipinski definition) is 6. The first-order valence-electron chi connectivity index (χ1n) is 10.3. The van der Waals surface area contributed by atoms with Crippen LogP contribution in [0.2, 0.25) is 0 Å².